The molecule has 1 amide bonds. The molecular weight excluding hydrogens is 330 g/mol. The van der Waals surface area contributed by atoms with Gasteiger partial charge in [-0.2, -0.15) is 0 Å². The number of aromatic nitrogens is 2. The first-order chi connectivity index (χ1) is 12.6. The molecule has 1 aromatic carbocycles. The highest BCUT2D eigenvalue weighted by Crippen LogP contribution is 2.35. The minimum absolute atomic E-state index is 0.0301. The molecule has 0 unspecified atom stereocenters. The van der Waals surface area contributed by atoms with E-state index in [4.69, 9.17) is 14.5 Å². The maximum atomic E-state index is 12.2. The first-order valence-corrected chi connectivity index (χ1v) is 8.58. The lowest BCUT2D eigenvalue weighted by molar-refractivity contribution is -0.116. The molecule has 2 heterocycles. The van der Waals surface area contributed by atoms with Crippen LogP contribution in [0.15, 0.2) is 36.5 Å². The van der Waals surface area contributed by atoms with Gasteiger partial charge in [-0.3, -0.25) is 9.20 Å². The van der Waals surface area contributed by atoms with Gasteiger partial charge in [0, 0.05) is 18.2 Å². The van der Waals surface area contributed by atoms with Crippen molar-refractivity contribution >= 4 is 17.4 Å². The number of carbonyl (C=O) groups excluding carboxylic acids is 1. The summed E-state index contributed by atoms with van der Waals surface area (Å²) >= 11 is 0. The highest BCUT2D eigenvalue weighted by Gasteiger charge is 2.18. The molecule has 0 atom stereocenters. The lowest BCUT2D eigenvalue weighted by Gasteiger charge is -2.11. The molecule has 3 rings (SSSR count). The van der Waals surface area contributed by atoms with Gasteiger partial charge in [-0.15, -0.1) is 0 Å². The highest BCUT2D eigenvalue weighted by molar-refractivity contribution is 5.94. The second-order valence-electron chi connectivity index (χ2n) is 6.11. The second kappa shape index (κ2) is 7.47. The Hall–Kier alpha value is -3.02. The van der Waals surface area contributed by atoms with Crippen molar-refractivity contribution < 1.29 is 14.3 Å². The zero-order valence-corrected chi connectivity index (χ0v) is 15.5. The normalized spacial score (nSPS) is 10.8. The summed E-state index contributed by atoms with van der Waals surface area (Å²) in [4.78, 5) is 17.0. The topological polar surface area (TPSA) is 64.9 Å². The third kappa shape index (κ3) is 3.35. The molecule has 0 fully saturated rings. The van der Waals surface area contributed by atoms with E-state index < -0.39 is 0 Å². The van der Waals surface area contributed by atoms with Crippen molar-refractivity contribution in [1.29, 1.82) is 0 Å². The largest absolute Gasteiger partial charge is 0.493 e. The number of rotatable bonds is 6. The third-order valence-corrected chi connectivity index (χ3v) is 4.16. The number of imidazole rings is 1. The van der Waals surface area contributed by atoms with Gasteiger partial charge in [0.25, 0.3) is 0 Å². The van der Waals surface area contributed by atoms with Crippen LogP contribution in [0, 0.1) is 6.92 Å². The number of hydrogen-bond donors (Lipinski definition) is 1. The molecule has 0 aliphatic rings. The van der Waals surface area contributed by atoms with Gasteiger partial charge in [-0.05, 0) is 43.2 Å². The number of benzene rings is 1. The van der Waals surface area contributed by atoms with E-state index in [1.165, 1.54) is 0 Å². The zero-order valence-electron chi connectivity index (χ0n) is 15.5. The lowest BCUT2D eigenvalue weighted by atomic mass is 10.1. The first kappa shape index (κ1) is 17.8. The molecule has 136 valence electrons. The van der Waals surface area contributed by atoms with Crippen LogP contribution in [0.1, 0.15) is 25.3 Å². The number of carbonyl (C=O) groups is 1. The molecular formula is C20H23N3O3. The standard InChI is InChI=1S/C20H23N3O3/c1-5-6-18(24)22-20-19(21-17-10-7-13(2)12-23(17)20)14-8-9-15(25-3)16(11-14)26-4/h7-12H,5-6H2,1-4H3,(H,22,24). The molecule has 6 nitrogen and oxygen atoms in total. The molecule has 0 bridgehead atoms. The number of ether oxygens (including phenoxy) is 2. The second-order valence-corrected chi connectivity index (χ2v) is 6.11. The van der Waals surface area contributed by atoms with Crippen LogP contribution in [-0.4, -0.2) is 29.5 Å². The number of nitrogens with zero attached hydrogens (tertiary/aromatic N) is 2. The third-order valence-electron chi connectivity index (χ3n) is 4.16. The van der Waals surface area contributed by atoms with Crippen LogP contribution in [0.4, 0.5) is 5.82 Å². The van der Waals surface area contributed by atoms with Crippen LogP contribution in [0.25, 0.3) is 16.9 Å². The van der Waals surface area contributed by atoms with Gasteiger partial charge in [-0.1, -0.05) is 13.0 Å². The fourth-order valence-electron chi connectivity index (χ4n) is 2.88. The Morgan fingerprint density at radius 1 is 1.15 bits per heavy atom. The van der Waals surface area contributed by atoms with E-state index in [2.05, 4.69) is 5.32 Å². The lowest BCUT2D eigenvalue weighted by Crippen LogP contribution is -2.13. The van der Waals surface area contributed by atoms with Crippen LogP contribution in [0.2, 0.25) is 0 Å². The molecule has 0 spiro atoms. The van der Waals surface area contributed by atoms with Crippen molar-refractivity contribution in [2.45, 2.75) is 26.7 Å². The van der Waals surface area contributed by atoms with Gasteiger partial charge in [0.1, 0.15) is 17.2 Å². The number of fused-ring (bicyclic) bond motifs is 1. The van der Waals surface area contributed by atoms with E-state index in [9.17, 15) is 4.79 Å². The summed E-state index contributed by atoms with van der Waals surface area (Å²) in [5.74, 6) is 1.89. The summed E-state index contributed by atoms with van der Waals surface area (Å²) in [7, 11) is 3.19. The molecule has 2 aromatic heterocycles. The smallest absolute Gasteiger partial charge is 0.225 e. The summed E-state index contributed by atoms with van der Waals surface area (Å²) in [6, 6.07) is 9.54. The number of hydrogen-bond acceptors (Lipinski definition) is 4. The van der Waals surface area contributed by atoms with E-state index in [1.54, 1.807) is 14.2 Å². The summed E-state index contributed by atoms with van der Waals surface area (Å²) in [6.45, 7) is 3.99. The monoisotopic (exact) mass is 353 g/mol. The van der Waals surface area contributed by atoms with Gasteiger partial charge in [0.15, 0.2) is 11.5 Å². The van der Waals surface area contributed by atoms with Crippen molar-refractivity contribution in [2.75, 3.05) is 19.5 Å². The maximum Gasteiger partial charge on any atom is 0.225 e. The van der Waals surface area contributed by atoms with Crippen molar-refractivity contribution in [3.63, 3.8) is 0 Å². The SMILES string of the molecule is CCCC(=O)Nc1c(-c2ccc(OC)c(OC)c2)nc2ccc(C)cn12. The fraction of sp³-hybridized carbons (Fsp3) is 0.300. The van der Waals surface area contributed by atoms with Gasteiger partial charge < -0.3 is 14.8 Å². The molecule has 0 aliphatic carbocycles. The van der Waals surface area contributed by atoms with Crippen LogP contribution in [0.3, 0.4) is 0 Å². The summed E-state index contributed by atoms with van der Waals surface area (Å²) in [5, 5.41) is 3.02. The summed E-state index contributed by atoms with van der Waals surface area (Å²) in [5.41, 5.74) is 3.39. The minimum atomic E-state index is -0.0301. The predicted octanol–water partition coefficient (Wildman–Crippen LogP) is 4.07. The Kier molecular flexibility index (Phi) is 5.11. The quantitative estimate of drug-likeness (QED) is 0.726. The van der Waals surface area contributed by atoms with Crippen molar-refractivity contribution in [3.05, 3.63) is 42.1 Å². The predicted molar refractivity (Wildman–Crippen MR) is 102 cm³/mol. The number of anilines is 1. The van der Waals surface area contributed by atoms with Crippen molar-refractivity contribution in [2.24, 2.45) is 0 Å². The van der Waals surface area contributed by atoms with E-state index in [-0.39, 0.29) is 5.91 Å². The highest BCUT2D eigenvalue weighted by atomic mass is 16.5. The van der Waals surface area contributed by atoms with E-state index in [1.807, 2.05) is 54.8 Å². The maximum absolute atomic E-state index is 12.2. The molecule has 6 heteroatoms. The van der Waals surface area contributed by atoms with Gasteiger partial charge >= 0.3 is 0 Å². The summed E-state index contributed by atoms with van der Waals surface area (Å²) < 4.78 is 12.6. The number of pyridine rings is 1. The van der Waals surface area contributed by atoms with Crippen molar-refractivity contribution in [1.82, 2.24) is 9.38 Å². The van der Waals surface area contributed by atoms with Crippen LogP contribution < -0.4 is 14.8 Å². The average molecular weight is 353 g/mol. The number of nitrogens with one attached hydrogen (secondary N) is 1. The Balaban J connectivity index is 2.17. The average Bonchev–Trinajstić information content (AvgIpc) is 2.99. The van der Waals surface area contributed by atoms with Crippen LogP contribution in [0.5, 0.6) is 11.5 Å². The Bertz CT molecular complexity index is 947. The molecule has 0 radical (unpaired) electrons. The van der Waals surface area contributed by atoms with E-state index in [0.29, 0.717) is 29.4 Å². The van der Waals surface area contributed by atoms with Crippen LogP contribution in [-0.2, 0) is 4.79 Å². The summed E-state index contributed by atoms with van der Waals surface area (Å²) in [6.07, 6.45) is 3.21. The van der Waals surface area contributed by atoms with E-state index in [0.717, 1.165) is 23.2 Å². The first-order valence-electron chi connectivity index (χ1n) is 8.58. The number of methoxy groups -OCH3 is 2. The number of amides is 1. The van der Waals surface area contributed by atoms with E-state index >= 15 is 0 Å². The minimum Gasteiger partial charge on any atom is -0.493 e. The molecule has 0 aliphatic heterocycles. The Morgan fingerprint density at radius 3 is 2.62 bits per heavy atom. The Morgan fingerprint density at radius 2 is 1.92 bits per heavy atom. The van der Waals surface area contributed by atoms with Gasteiger partial charge in [0.05, 0.1) is 14.2 Å². The molecule has 1 N–H and O–H groups in total. The van der Waals surface area contributed by atoms with Gasteiger partial charge in [0.2, 0.25) is 5.91 Å². The molecule has 0 saturated heterocycles. The van der Waals surface area contributed by atoms with Crippen LogP contribution >= 0.6 is 0 Å². The molecule has 26 heavy (non-hydrogen) atoms. The fourth-order valence-corrected chi connectivity index (χ4v) is 2.88. The Labute approximate surface area is 152 Å². The van der Waals surface area contributed by atoms with Crippen molar-refractivity contribution in [3.8, 4) is 22.8 Å². The molecule has 3 aromatic rings. The zero-order chi connectivity index (χ0) is 18.7. The van der Waals surface area contributed by atoms with Gasteiger partial charge in [-0.25, -0.2) is 4.98 Å². The molecule has 0 saturated carbocycles. The number of aryl methyl sites for hydroxylation is 1.